The number of rotatable bonds is 2. The Hall–Kier alpha value is -1.26. The number of aliphatic hydroxyl groups excluding tert-OH is 1. The first kappa shape index (κ1) is 13.2. The Labute approximate surface area is 111 Å². The van der Waals surface area contributed by atoms with Gasteiger partial charge in [0.1, 0.15) is 0 Å². The molecule has 5 heteroatoms. The Kier molecular flexibility index (Phi) is 4.09. The largest absolute Gasteiger partial charge is 0.398 e. The number of nitrogens with one attached hydrogen (secondary N) is 1. The van der Waals surface area contributed by atoms with Gasteiger partial charge in [0, 0.05) is 11.6 Å². The molecule has 1 amide bonds. The molecule has 0 aromatic heterocycles. The smallest absolute Gasteiger partial charge is 0.251 e. The highest BCUT2D eigenvalue weighted by Gasteiger charge is 2.22. The number of nitrogen functional groups attached to an aromatic ring is 1. The minimum Gasteiger partial charge on any atom is -0.398 e. The van der Waals surface area contributed by atoms with Gasteiger partial charge in [-0.15, -0.1) is 0 Å². The van der Waals surface area contributed by atoms with Gasteiger partial charge in [0.2, 0.25) is 0 Å². The van der Waals surface area contributed by atoms with Crippen molar-refractivity contribution in [3.63, 3.8) is 0 Å². The predicted molar refractivity (Wildman–Crippen MR) is 71.6 cm³/mol. The summed E-state index contributed by atoms with van der Waals surface area (Å²) in [6.07, 6.45) is 2.98. The second-order valence-corrected chi connectivity index (χ2v) is 5.13. The van der Waals surface area contributed by atoms with Crippen molar-refractivity contribution in [1.29, 1.82) is 0 Å². The van der Waals surface area contributed by atoms with Crippen molar-refractivity contribution in [3.8, 4) is 0 Å². The summed E-state index contributed by atoms with van der Waals surface area (Å²) in [5.74, 6) is -0.170. The summed E-state index contributed by atoms with van der Waals surface area (Å²) in [4.78, 5) is 12.0. The van der Waals surface area contributed by atoms with Crippen LogP contribution in [-0.4, -0.2) is 23.2 Å². The van der Waals surface area contributed by atoms with Crippen LogP contribution in [-0.2, 0) is 0 Å². The zero-order valence-electron chi connectivity index (χ0n) is 10.0. The summed E-state index contributed by atoms with van der Waals surface area (Å²) < 4.78 is 0. The predicted octanol–water partition coefficient (Wildman–Crippen LogP) is 1.96. The van der Waals surface area contributed by atoms with Crippen LogP contribution >= 0.6 is 11.6 Å². The number of carbonyl (C=O) groups excluding carboxylic acids is 1. The van der Waals surface area contributed by atoms with Crippen LogP contribution in [0.3, 0.4) is 0 Å². The molecule has 1 aliphatic carbocycles. The molecule has 0 spiro atoms. The Morgan fingerprint density at radius 2 is 2.22 bits per heavy atom. The lowest BCUT2D eigenvalue weighted by Gasteiger charge is -2.26. The lowest BCUT2D eigenvalue weighted by atomic mass is 9.93. The molecular weight excluding hydrogens is 252 g/mol. The number of aliphatic hydroxyl groups is 1. The molecule has 18 heavy (non-hydrogen) atoms. The first-order chi connectivity index (χ1) is 8.56. The molecule has 0 saturated heterocycles. The zero-order chi connectivity index (χ0) is 13.1. The number of amides is 1. The van der Waals surface area contributed by atoms with E-state index in [4.69, 9.17) is 17.3 Å². The summed E-state index contributed by atoms with van der Waals surface area (Å²) in [5, 5.41) is 12.8. The summed E-state index contributed by atoms with van der Waals surface area (Å²) >= 11 is 5.88. The van der Waals surface area contributed by atoms with Gasteiger partial charge in [0.05, 0.1) is 16.8 Å². The molecule has 0 heterocycles. The maximum Gasteiger partial charge on any atom is 0.251 e. The van der Waals surface area contributed by atoms with Crippen LogP contribution in [0.4, 0.5) is 5.69 Å². The minimum atomic E-state index is -0.306. The molecule has 1 saturated carbocycles. The second-order valence-electron chi connectivity index (χ2n) is 4.73. The number of nitrogens with two attached hydrogens (primary N) is 1. The lowest BCUT2D eigenvalue weighted by molar-refractivity contribution is 0.0850. The number of halogens is 1. The highest BCUT2D eigenvalue weighted by Crippen LogP contribution is 2.21. The standard InChI is InChI=1S/C13H17ClN2O2/c14-11-6-8(4-5-12(11)15)13(18)16-9-2-1-3-10(17)7-9/h4-6,9-10,17H,1-3,7,15H2,(H,16,18). The third kappa shape index (κ3) is 3.15. The van der Waals surface area contributed by atoms with E-state index in [1.165, 1.54) is 0 Å². The van der Waals surface area contributed by atoms with Crippen molar-refractivity contribution in [2.75, 3.05) is 5.73 Å². The van der Waals surface area contributed by atoms with Gasteiger partial charge in [-0.1, -0.05) is 11.6 Å². The van der Waals surface area contributed by atoms with Gasteiger partial charge in [-0.05, 0) is 43.9 Å². The topological polar surface area (TPSA) is 75.4 Å². The van der Waals surface area contributed by atoms with Crippen LogP contribution in [0.5, 0.6) is 0 Å². The van der Waals surface area contributed by atoms with Crippen molar-refractivity contribution >= 4 is 23.2 Å². The maximum absolute atomic E-state index is 12.0. The SMILES string of the molecule is Nc1ccc(C(=O)NC2CCCC(O)C2)cc1Cl. The number of hydrogen-bond donors (Lipinski definition) is 3. The Morgan fingerprint density at radius 1 is 1.44 bits per heavy atom. The van der Waals surface area contributed by atoms with E-state index in [-0.39, 0.29) is 18.1 Å². The monoisotopic (exact) mass is 268 g/mol. The molecule has 0 bridgehead atoms. The van der Waals surface area contributed by atoms with E-state index in [0.717, 1.165) is 19.3 Å². The molecule has 2 atom stereocenters. The normalized spacial score (nSPS) is 23.7. The molecule has 1 fully saturated rings. The molecule has 0 aliphatic heterocycles. The molecule has 1 aromatic carbocycles. The fourth-order valence-corrected chi connectivity index (χ4v) is 2.41. The van der Waals surface area contributed by atoms with Crippen LogP contribution in [0.25, 0.3) is 0 Å². The first-order valence-electron chi connectivity index (χ1n) is 6.10. The van der Waals surface area contributed by atoms with Crippen molar-refractivity contribution in [2.24, 2.45) is 0 Å². The average Bonchev–Trinajstić information content (AvgIpc) is 2.32. The van der Waals surface area contributed by atoms with Crippen LogP contribution in [0.1, 0.15) is 36.0 Å². The Morgan fingerprint density at radius 3 is 2.89 bits per heavy atom. The zero-order valence-corrected chi connectivity index (χ0v) is 10.8. The van der Waals surface area contributed by atoms with Gasteiger partial charge in [0.15, 0.2) is 0 Å². The third-order valence-electron chi connectivity index (χ3n) is 3.24. The van der Waals surface area contributed by atoms with E-state index in [2.05, 4.69) is 5.32 Å². The van der Waals surface area contributed by atoms with E-state index in [9.17, 15) is 9.90 Å². The van der Waals surface area contributed by atoms with Crippen LogP contribution < -0.4 is 11.1 Å². The van der Waals surface area contributed by atoms with Crippen molar-refractivity contribution in [2.45, 2.75) is 37.8 Å². The molecule has 2 unspecified atom stereocenters. The average molecular weight is 269 g/mol. The maximum atomic E-state index is 12.0. The fourth-order valence-electron chi connectivity index (χ4n) is 2.23. The van der Waals surface area contributed by atoms with Gasteiger partial charge in [-0.2, -0.15) is 0 Å². The van der Waals surface area contributed by atoms with Gasteiger partial charge in [0.25, 0.3) is 5.91 Å². The summed E-state index contributed by atoms with van der Waals surface area (Å²) in [6.45, 7) is 0. The van der Waals surface area contributed by atoms with Gasteiger partial charge < -0.3 is 16.2 Å². The van der Waals surface area contributed by atoms with Crippen molar-refractivity contribution in [1.82, 2.24) is 5.32 Å². The van der Waals surface area contributed by atoms with Gasteiger partial charge in [-0.3, -0.25) is 4.79 Å². The molecule has 0 radical (unpaired) electrons. The number of anilines is 1. The quantitative estimate of drug-likeness (QED) is 0.718. The lowest BCUT2D eigenvalue weighted by Crippen LogP contribution is -2.39. The van der Waals surface area contributed by atoms with E-state index in [0.29, 0.717) is 22.7 Å². The second kappa shape index (κ2) is 5.59. The molecule has 1 aromatic rings. The Balaban J connectivity index is 2.00. The minimum absolute atomic E-state index is 0.0394. The summed E-state index contributed by atoms with van der Waals surface area (Å²) in [6, 6.07) is 4.87. The van der Waals surface area contributed by atoms with Crippen molar-refractivity contribution < 1.29 is 9.90 Å². The molecule has 2 rings (SSSR count). The van der Waals surface area contributed by atoms with Gasteiger partial charge >= 0.3 is 0 Å². The van der Waals surface area contributed by atoms with E-state index < -0.39 is 0 Å². The third-order valence-corrected chi connectivity index (χ3v) is 3.57. The van der Waals surface area contributed by atoms with E-state index >= 15 is 0 Å². The highest BCUT2D eigenvalue weighted by molar-refractivity contribution is 6.33. The first-order valence-corrected chi connectivity index (χ1v) is 6.48. The number of hydrogen-bond acceptors (Lipinski definition) is 3. The van der Waals surface area contributed by atoms with Crippen LogP contribution in [0, 0.1) is 0 Å². The molecule has 4 nitrogen and oxygen atoms in total. The molecule has 98 valence electrons. The number of carbonyl (C=O) groups is 1. The van der Waals surface area contributed by atoms with Crippen molar-refractivity contribution in [3.05, 3.63) is 28.8 Å². The number of benzene rings is 1. The highest BCUT2D eigenvalue weighted by atomic mass is 35.5. The van der Waals surface area contributed by atoms with Crippen LogP contribution in [0.2, 0.25) is 5.02 Å². The van der Waals surface area contributed by atoms with E-state index in [1.54, 1.807) is 18.2 Å². The van der Waals surface area contributed by atoms with Crippen LogP contribution in [0.15, 0.2) is 18.2 Å². The van der Waals surface area contributed by atoms with E-state index in [1.807, 2.05) is 0 Å². The summed E-state index contributed by atoms with van der Waals surface area (Å²) in [7, 11) is 0. The Bertz CT molecular complexity index is 451. The van der Waals surface area contributed by atoms with Gasteiger partial charge in [-0.25, -0.2) is 0 Å². The molecule has 1 aliphatic rings. The fraction of sp³-hybridized carbons (Fsp3) is 0.462. The summed E-state index contributed by atoms with van der Waals surface area (Å²) in [5.41, 5.74) is 6.55. The molecular formula is C13H17ClN2O2. The molecule has 4 N–H and O–H groups in total.